The van der Waals surface area contributed by atoms with Gasteiger partial charge in [0.15, 0.2) is 0 Å². The summed E-state index contributed by atoms with van der Waals surface area (Å²) in [6, 6.07) is 6.57. The van der Waals surface area contributed by atoms with Gasteiger partial charge in [0.1, 0.15) is 0 Å². The van der Waals surface area contributed by atoms with Gasteiger partial charge in [-0.05, 0) is 49.8 Å². The van der Waals surface area contributed by atoms with Gasteiger partial charge in [0.05, 0.1) is 0 Å². The van der Waals surface area contributed by atoms with Crippen molar-refractivity contribution in [2.75, 3.05) is 5.32 Å². The van der Waals surface area contributed by atoms with E-state index < -0.39 is 0 Å². The highest BCUT2D eigenvalue weighted by atomic mass is 15.2. The Hall–Kier alpha value is -1.77. The number of hydrogen-bond acceptors (Lipinski definition) is 2. The number of imidazole rings is 1. The summed E-state index contributed by atoms with van der Waals surface area (Å²) in [4.78, 5) is 4.38. The molecule has 1 aliphatic rings. The van der Waals surface area contributed by atoms with Crippen LogP contribution in [0.5, 0.6) is 0 Å². The van der Waals surface area contributed by atoms with Crippen LogP contribution in [0.3, 0.4) is 0 Å². The van der Waals surface area contributed by atoms with Gasteiger partial charge >= 0.3 is 0 Å². The van der Waals surface area contributed by atoms with E-state index >= 15 is 0 Å². The molecule has 0 spiro atoms. The number of rotatable bonds is 3. The van der Waals surface area contributed by atoms with Crippen LogP contribution in [0.4, 0.5) is 11.6 Å². The molecule has 0 unspecified atom stereocenters. The maximum absolute atomic E-state index is 4.38. The molecule has 1 heterocycles. The topological polar surface area (TPSA) is 29.9 Å². The summed E-state index contributed by atoms with van der Waals surface area (Å²) in [6.07, 6.45) is 8.88. The van der Waals surface area contributed by atoms with Gasteiger partial charge in [-0.1, -0.05) is 12.1 Å². The largest absolute Gasteiger partial charge is 0.325 e. The highest BCUT2D eigenvalue weighted by Gasteiger charge is 2.13. The second-order valence-electron chi connectivity index (χ2n) is 4.81. The molecule has 0 aliphatic heterocycles. The predicted molar refractivity (Wildman–Crippen MR) is 74.3 cm³/mol. The van der Waals surface area contributed by atoms with E-state index in [1.807, 2.05) is 12.4 Å². The lowest BCUT2D eigenvalue weighted by atomic mass is 9.90. The molecule has 0 saturated heterocycles. The Labute approximate surface area is 108 Å². The van der Waals surface area contributed by atoms with Crippen LogP contribution < -0.4 is 5.32 Å². The fourth-order valence-corrected chi connectivity index (χ4v) is 2.71. The summed E-state index contributed by atoms with van der Waals surface area (Å²) in [6.45, 7) is 3.07. The monoisotopic (exact) mass is 241 g/mol. The van der Waals surface area contributed by atoms with Gasteiger partial charge in [0.2, 0.25) is 5.95 Å². The molecule has 0 bridgehead atoms. The quantitative estimate of drug-likeness (QED) is 0.891. The molecule has 1 aliphatic carbocycles. The predicted octanol–water partition coefficient (Wildman–Crippen LogP) is 3.53. The number of benzene rings is 1. The lowest BCUT2D eigenvalue weighted by Gasteiger charge is -2.20. The number of fused-ring (bicyclic) bond motifs is 1. The molecule has 3 nitrogen and oxygen atoms in total. The molecule has 94 valence electrons. The molecule has 3 heteroatoms. The Morgan fingerprint density at radius 2 is 2.17 bits per heavy atom. The van der Waals surface area contributed by atoms with E-state index in [2.05, 4.69) is 40.0 Å². The molecule has 0 radical (unpaired) electrons. The van der Waals surface area contributed by atoms with Crippen LogP contribution in [-0.4, -0.2) is 9.55 Å². The second kappa shape index (κ2) is 4.84. The lowest BCUT2D eigenvalue weighted by molar-refractivity contribution is 0.686. The number of aryl methyl sites for hydroxylation is 2. The minimum absolute atomic E-state index is 0.941. The van der Waals surface area contributed by atoms with Crippen molar-refractivity contribution in [1.82, 2.24) is 9.55 Å². The summed E-state index contributed by atoms with van der Waals surface area (Å²) in [5.41, 5.74) is 4.21. The van der Waals surface area contributed by atoms with Gasteiger partial charge in [0, 0.05) is 24.6 Å². The van der Waals surface area contributed by atoms with Gasteiger partial charge < -0.3 is 9.88 Å². The van der Waals surface area contributed by atoms with E-state index in [1.165, 1.54) is 42.5 Å². The molecule has 3 rings (SSSR count). The van der Waals surface area contributed by atoms with Crippen LogP contribution in [0, 0.1) is 0 Å². The normalized spacial score (nSPS) is 14.3. The molecule has 1 N–H and O–H groups in total. The van der Waals surface area contributed by atoms with E-state index in [0.29, 0.717) is 0 Å². The van der Waals surface area contributed by atoms with Gasteiger partial charge in [0.25, 0.3) is 0 Å². The minimum Gasteiger partial charge on any atom is -0.325 e. The zero-order valence-electron chi connectivity index (χ0n) is 10.8. The van der Waals surface area contributed by atoms with Crippen molar-refractivity contribution in [1.29, 1.82) is 0 Å². The standard InChI is InChI=1S/C15H19N3/c1-2-18-11-10-16-15(18)17-14-9-5-7-12-6-3-4-8-13(12)14/h5,7,9-11H,2-4,6,8H2,1H3,(H,16,17). The third kappa shape index (κ3) is 2.01. The zero-order chi connectivity index (χ0) is 12.4. The maximum atomic E-state index is 4.38. The van der Waals surface area contributed by atoms with Crippen molar-refractivity contribution in [3.63, 3.8) is 0 Å². The molecule has 1 aromatic carbocycles. The Balaban J connectivity index is 1.93. The van der Waals surface area contributed by atoms with Crippen molar-refractivity contribution >= 4 is 11.6 Å². The molecule has 1 aromatic heterocycles. The molecule has 2 aromatic rings. The summed E-state index contributed by atoms with van der Waals surface area (Å²) in [7, 11) is 0. The summed E-state index contributed by atoms with van der Waals surface area (Å²) < 4.78 is 2.13. The van der Waals surface area contributed by atoms with Crippen LogP contribution in [0.25, 0.3) is 0 Å². The first-order valence-electron chi connectivity index (χ1n) is 6.77. The second-order valence-corrected chi connectivity index (χ2v) is 4.81. The molecule has 0 atom stereocenters. The molecule has 0 saturated carbocycles. The Morgan fingerprint density at radius 3 is 3.06 bits per heavy atom. The molecular weight excluding hydrogens is 222 g/mol. The van der Waals surface area contributed by atoms with Crippen LogP contribution in [0.1, 0.15) is 30.9 Å². The van der Waals surface area contributed by atoms with Crippen LogP contribution in [-0.2, 0) is 19.4 Å². The van der Waals surface area contributed by atoms with Gasteiger partial charge in [-0.25, -0.2) is 4.98 Å². The number of aromatic nitrogens is 2. The average molecular weight is 241 g/mol. The molecule has 18 heavy (non-hydrogen) atoms. The maximum Gasteiger partial charge on any atom is 0.207 e. The lowest BCUT2D eigenvalue weighted by Crippen LogP contribution is -2.08. The van der Waals surface area contributed by atoms with Gasteiger partial charge in [-0.3, -0.25) is 0 Å². The fourth-order valence-electron chi connectivity index (χ4n) is 2.71. The van der Waals surface area contributed by atoms with Crippen molar-refractivity contribution in [2.45, 2.75) is 39.2 Å². The SMILES string of the molecule is CCn1ccnc1Nc1cccc2c1CCCC2. The first-order chi connectivity index (χ1) is 8.88. The number of hydrogen-bond donors (Lipinski definition) is 1. The average Bonchev–Trinajstić information content (AvgIpc) is 2.86. The van der Waals surface area contributed by atoms with E-state index in [9.17, 15) is 0 Å². The first kappa shape index (κ1) is 11.3. The van der Waals surface area contributed by atoms with Crippen molar-refractivity contribution < 1.29 is 0 Å². The van der Waals surface area contributed by atoms with E-state index in [4.69, 9.17) is 0 Å². The van der Waals surface area contributed by atoms with Crippen LogP contribution >= 0.6 is 0 Å². The number of nitrogens with one attached hydrogen (secondary N) is 1. The van der Waals surface area contributed by atoms with Crippen molar-refractivity contribution in [3.8, 4) is 0 Å². The van der Waals surface area contributed by atoms with E-state index in [0.717, 1.165) is 12.5 Å². The summed E-state index contributed by atoms with van der Waals surface area (Å²) in [5, 5.41) is 3.48. The summed E-state index contributed by atoms with van der Waals surface area (Å²) >= 11 is 0. The highest BCUT2D eigenvalue weighted by molar-refractivity contribution is 5.61. The van der Waals surface area contributed by atoms with E-state index in [-0.39, 0.29) is 0 Å². The third-order valence-corrected chi connectivity index (χ3v) is 3.70. The van der Waals surface area contributed by atoms with Crippen molar-refractivity contribution in [3.05, 3.63) is 41.7 Å². The van der Waals surface area contributed by atoms with Crippen LogP contribution in [0.15, 0.2) is 30.6 Å². The summed E-state index contributed by atoms with van der Waals surface area (Å²) in [5.74, 6) is 0.941. The van der Waals surface area contributed by atoms with Gasteiger partial charge in [-0.2, -0.15) is 0 Å². The molecular formula is C15H19N3. The van der Waals surface area contributed by atoms with Crippen LogP contribution in [0.2, 0.25) is 0 Å². The number of anilines is 2. The first-order valence-corrected chi connectivity index (χ1v) is 6.77. The van der Waals surface area contributed by atoms with E-state index in [1.54, 1.807) is 0 Å². The Morgan fingerprint density at radius 1 is 1.28 bits per heavy atom. The molecule has 0 fully saturated rings. The highest BCUT2D eigenvalue weighted by Crippen LogP contribution is 2.29. The molecule has 0 amide bonds. The zero-order valence-corrected chi connectivity index (χ0v) is 10.8. The smallest absolute Gasteiger partial charge is 0.207 e. The fraction of sp³-hybridized carbons (Fsp3) is 0.400. The Bertz CT molecular complexity index is 542. The van der Waals surface area contributed by atoms with Crippen molar-refractivity contribution in [2.24, 2.45) is 0 Å². The third-order valence-electron chi connectivity index (χ3n) is 3.70. The minimum atomic E-state index is 0.941. The van der Waals surface area contributed by atoms with Gasteiger partial charge in [-0.15, -0.1) is 0 Å². The Kier molecular flexibility index (Phi) is 3.05. The number of nitrogens with zero attached hydrogens (tertiary/aromatic N) is 2.